The van der Waals surface area contributed by atoms with Gasteiger partial charge < -0.3 is 4.90 Å². The lowest BCUT2D eigenvalue weighted by Crippen LogP contribution is -2.39. The molecule has 0 spiro atoms. The minimum atomic E-state index is 0.0706. The third-order valence-electron chi connectivity index (χ3n) is 6.16. The molecule has 2 aromatic heterocycles. The first kappa shape index (κ1) is 20.0. The number of amides is 1. The van der Waals surface area contributed by atoms with Crippen LogP contribution in [-0.2, 0) is 24.2 Å². The van der Waals surface area contributed by atoms with Gasteiger partial charge in [0.15, 0.2) is 5.16 Å². The standard InChI is InChI=1S/C21H29N3O2S2/c1-4-24-20(26)18-15-6-5-14(3)11-16(15)28-19(18)22-21(24)27-12-17(25)23-9-7-13(2)8-10-23/h13-14H,4-12H2,1-3H3. The Labute approximate surface area is 174 Å². The molecule has 0 saturated carbocycles. The number of carbonyl (C=O) groups excluding carboxylic acids is 1. The van der Waals surface area contributed by atoms with Crippen LogP contribution < -0.4 is 5.56 Å². The predicted molar refractivity (Wildman–Crippen MR) is 116 cm³/mol. The molecule has 7 heteroatoms. The summed E-state index contributed by atoms with van der Waals surface area (Å²) >= 11 is 3.10. The monoisotopic (exact) mass is 419 g/mol. The average molecular weight is 420 g/mol. The molecule has 0 bridgehead atoms. The molecule has 152 valence electrons. The van der Waals surface area contributed by atoms with Gasteiger partial charge in [0.2, 0.25) is 5.91 Å². The van der Waals surface area contributed by atoms with E-state index in [0.29, 0.717) is 29.3 Å². The lowest BCUT2D eigenvalue weighted by Gasteiger charge is -2.30. The number of aryl methyl sites for hydroxylation is 1. The van der Waals surface area contributed by atoms with E-state index in [4.69, 9.17) is 4.98 Å². The van der Waals surface area contributed by atoms with Gasteiger partial charge in [-0.15, -0.1) is 11.3 Å². The SMILES string of the molecule is CCn1c(SCC(=O)N2CCC(C)CC2)nc2sc3c(c2c1=O)CCC(C)C3. The van der Waals surface area contributed by atoms with Gasteiger partial charge >= 0.3 is 0 Å². The highest BCUT2D eigenvalue weighted by Crippen LogP contribution is 2.36. The van der Waals surface area contributed by atoms with E-state index in [9.17, 15) is 9.59 Å². The maximum absolute atomic E-state index is 13.2. The van der Waals surface area contributed by atoms with Crippen molar-refractivity contribution in [3.63, 3.8) is 0 Å². The highest BCUT2D eigenvalue weighted by atomic mass is 32.2. The Kier molecular flexibility index (Phi) is 5.83. The number of nitrogens with zero attached hydrogens (tertiary/aromatic N) is 3. The molecule has 1 fully saturated rings. The summed E-state index contributed by atoms with van der Waals surface area (Å²) in [4.78, 5) is 34.8. The van der Waals surface area contributed by atoms with E-state index >= 15 is 0 Å². The van der Waals surface area contributed by atoms with Gasteiger partial charge in [-0.3, -0.25) is 14.2 Å². The predicted octanol–water partition coefficient (Wildman–Crippen LogP) is 3.95. The molecular weight excluding hydrogens is 390 g/mol. The number of carbonyl (C=O) groups is 1. The van der Waals surface area contributed by atoms with Crippen molar-refractivity contribution < 1.29 is 4.79 Å². The van der Waals surface area contributed by atoms with Crippen LogP contribution >= 0.6 is 23.1 Å². The van der Waals surface area contributed by atoms with Gasteiger partial charge in [-0.25, -0.2) is 4.98 Å². The summed E-state index contributed by atoms with van der Waals surface area (Å²) in [6.07, 6.45) is 5.34. The maximum atomic E-state index is 13.2. The molecule has 1 unspecified atom stereocenters. The first-order valence-corrected chi connectivity index (χ1v) is 12.2. The van der Waals surface area contributed by atoms with Crippen molar-refractivity contribution >= 4 is 39.2 Å². The summed E-state index contributed by atoms with van der Waals surface area (Å²) in [5.41, 5.74) is 1.30. The Morgan fingerprint density at radius 1 is 1.21 bits per heavy atom. The molecule has 1 aliphatic heterocycles. The lowest BCUT2D eigenvalue weighted by atomic mass is 9.89. The maximum Gasteiger partial charge on any atom is 0.263 e. The second-order valence-electron chi connectivity index (χ2n) is 8.33. The van der Waals surface area contributed by atoms with Crippen molar-refractivity contribution in [2.24, 2.45) is 11.8 Å². The Balaban J connectivity index is 1.59. The van der Waals surface area contributed by atoms with Crippen LogP contribution in [0.3, 0.4) is 0 Å². The van der Waals surface area contributed by atoms with Gasteiger partial charge in [-0.1, -0.05) is 25.6 Å². The van der Waals surface area contributed by atoms with Gasteiger partial charge in [0, 0.05) is 24.5 Å². The van der Waals surface area contributed by atoms with Crippen molar-refractivity contribution in [3.8, 4) is 0 Å². The quantitative estimate of drug-likeness (QED) is 0.556. The van der Waals surface area contributed by atoms with E-state index in [2.05, 4.69) is 13.8 Å². The number of piperidine rings is 1. The summed E-state index contributed by atoms with van der Waals surface area (Å²) in [7, 11) is 0. The second kappa shape index (κ2) is 8.19. The number of rotatable bonds is 4. The fraction of sp³-hybridized carbons (Fsp3) is 0.667. The molecule has 1 aliphatic carbocycles. The van der Waals surface area contributed by atoms with Crippen LogP contribution in [0.5, 0.6) is 0 Å². The van der Waals surface area contributed by atoms with E-state index < -0.39 is 0 Å². The molecule has 1 amide bonds. The topological polar surface area (TPSA) is 55.2 Å². The minimum absolute atomic E-state index is 0.0706. The van der Waals surface area contributed by atoms with Crippen LogP contribution in [-0.4, -0.2) is 39.2 Å². The van der Waals surface area contributed by atoms with Gasteiger partial charge in [-0.05, 0) is 56.4 Å². The van der Waals surface area contributed by atoms with Crippen LogP contribution in [0, 0.1) is 11.8 Å². The largest absolute Gasteiger partial charge is 0.342 e. The fourth-order valence-electron chi connectivity index (χ4n) is 4.27. The van der Waals surface area contributed by atoms with Crippen molar-refractivity contribution in [2.75, 3.05) is 18.8 Å². The zero-order chi connectivity index (χ0) is 19.8. The second-order valence-corrected chi connectivity index (χ2v) is 10.4. The van der Waals surface area contributed by atoms with Gasteiger partial charge in [0.1, 0.15) is 4.83 Å². The number of likely N-dealkylation sites (tertiary alicyclic amines) is 1. The van der Waals surface area contributed by atoms with Crippen molar-refractivity contribution in [1.29, 1.82) is 0 Å². The minimum Gasteiger partial charge on any atom is -0.342 e. The number of hydrogen-bond acceptors (Lipinski definition) is 5. The van der Waals surface area contributed by atoms with Crippen LogP contribution in [0.25, 0.3) is 10.2 Å². The molecule has 0 N–H and O–H groups in total. The van der Waals surface area contributed by atoms with Crippen molar-refractivity contribution in [2.45, 2.75) is 64.6 Å². The fourth-order valence-corrected chi connectivity index (χ4v) is 6.66. The molecule has 3 heterocycles. The molecule has 2 aliphatic rings. The van der Waals surface area contributed by atoms with E-state index in [0.717, 1.165) is 55.4 Å². The summed E-state index contributed by atoms with van der Waals surface area (Å²) in [5.74, 6) is 1.90. The third kappa shape index (κ3) is 3.75. The molecular formula is C21H29N3O2S2. The van der Waals surface area contributed by atoms with Gasteiger partial charge in [0.25, 0.3) is 5.56 Å². The Bertz CT molecular complexity index is 941. The molecule has 1 atom stereocenters. The highest BCUT2D eigenvalue weighted by Gasteiger charge is 2.25. The van der Waals surface area contributed by atoms with Gasteiger partial charge in [-0.2, -0.15) is 0 Å². The van der Waals surface area contributed by atoms with E-state index in [-0.39, 0.29) is 11.5 Å². The first-order chi connectivity index (χ1) is 13.5. The van der Waals surface area contributed by atoms with Crippen molar-refractivity contribution in [3.05, 3.63) is 20.8 Å². The van der Waals surface area contributed by atoms with E-state index in [1.165, 1.54) is 22.2 Å². The summed E-state index contributed by atoms with van der Waals surface area (Å²) in [6, 6.07) is 0. The number of thiophene rings is 1. The van der Waals surface area contributed by atoms with E-state index in [1.54, 1.807) is 15.9 Å². The Morgan fingerprint density at radius 3 is 2.68 bits per heavy atom. The Morgan fingerprint density at radius 2 is 1.96 bits per heavy atom. The number of thioether (sulfide) groups is 1. The van der Waals surface area contributed by atoms with Crippen LogP contribution in [0.4, 0.5) is 0 Å². The average Bonchev–Trinajstić information content (AvgIpc) is 3.04. The van der Waals surface area contributed by atoms with Crippen LogP contribution in [0.1, 0.15) is 50.5 Å². The van der Waals surface area contributed by atoms with Crippen LogP contribution in [0.15, 0.2) is 9.95 Å². The molecule has 0 radical (unpaired) electrons. The lowest BCUT2D eigenvalue weighted by molar-refractivity contribution is -0.129. The number of hydrogen-bond donors (Lipinski definition) is 0. The Hall–Kier alpha value is -1.34. The van der Waals surface area contributed by atoms with E-state index in [1.807, 2.05) is 11.8 Å². The summed E-state index contributed by atoms with van der Waals surface area (Å²) in [5, 5.41) is 1.51. The molecule has 4 rings (SSSR count). The summed E-state index contributed by atoms with van der Waals surface area (Å²) in [6.45, 7) is 8.79. The first-order valence-electron chi connectivity index (χ1n) is 10.4. The van der Waals surface area contributed by atoms with Gasteiger partial charge in [0.05, 0.1) is 11.1 Å². The molecule has 2 aromatic rings. The van der Waals surface area contributed by atoms with Crippen molar-refractivity contribution in [1.82, 2.24) is 14.5 Å². The smallest absolute Gasteiger partial charge is 0.263 e. The third-order valence-corrected chi connectivity index (χ3v) is 8.27. The van der Waals surface area contributed by atoms with Crippen LogP contribution in [0.2, 0.25) is 0 Å². The molecule has 28 heavy (non-hydrogen) atoms. The normalized spacial score (nSPS) is 20.5. The number of aromatic nitrogens is 2. The zero-order valence-electron chi connectivity index (χ0n) is 17.0. The highest BCUT2D eigenvalue weighted by molar-refractivity contribution is 7.99. The molecule has 0 aromatic carbocycles. The zero-order valence-corrected chi connectivity index (χ0v) is 18.6. The molecule has 5 nitrogen and oxygen atoms in total. The molecule has 1 saturated heterocycles. The number of fused-ring (bicyclic) bond motifs is 3. The summed E-state index contributed by atoms with van der Waals surface area (Å²) < 4.78 is 1.75.